The Labute approximate surface area is 285 Å². The summed E-state index contributed by atoms with van der Waals surface area (Å²) in [7, 11) is 0. The molecule has 0 radical (unpaired) electrons. The summed E-state index contributed by atoms with van der Waals surface area (Å²) in [6, 6.07) is 18.8. The normalized spacial score (nSPS) is 14.8. The van der Waals surface area contributed by atoms with Crippen LogP contribution in [0.25, 0.3) is 10.8 Å². The Morgan fingerprint density at radius 1 is 1.00 bits per heavy atom. The summed E-state index contributed by atoms with van der Waals surface area (Å²) in [6.45, 7) is 8.45. The molecular weight excluding hydrogens is 653 g/mol. The molecule has 47 heavy (non-hydrogen) atoms. The molecule has 0 aliphatic carbocycles. The Balaban J connectivity index is 1.37. The largest absolute Gasteiger partial charge is 0.503 e. The van der Waals surface area contributed by atoms with Crippen LogP contribution in [0.2, 0.25) is 0 Å². The van der Waals surface area contributed by atoms with Crippen molar-refractivity contribution in [3.63, 3.8) is 0 Å². The summed E-state index contributed by atoms with van der Waals surface area (Å²) in [5, 5.41) is 23.4. The van der Waals surface area contributed by atoms with E-state index in [2.05, 4.69) is 46.4 Å². The van der Waals surface area contributed by atoms with Crippen molar-refractivity contribution in [1.82, 2.24) is 15.2 Å². The Bertz CT molecular complexity index is 1980. The topological polar surface area (TPSA) is 115 Å². The predicted molar refractivity (Wildman–Crippen MR) is 187 cm³/mol. The van der Waals surface area contributed by atoms with Crippen molar-refractivity contribution in [2.45, 2.75) is 56.7 Å². The lowest BCUT2D eigenvalue weighted by atomic mass is 9.95. The molecular formula is C35H34N4O5S3. The summed E-state index contributed by atoms with van der Waals surface area (Å²) in [5.41, 5.74) is 2.23. The van der Waals surface area contributed by atoms with E-state index in [1.165, 1.54) is 44.7 Å². The van der Waals surface area contributed by atoms with Gasteiger partial charge < -0.3 is 14.6 Å². The van der Waals surface area contributed by atoms with Crippen molar-refractivity contribution in [3.05, 3.63) is 98.7 Å². The third-order valence-corrected chi connectivity index (χ3v) is 10.9. The molecule has 1 N–H and O–H groups in total. The first-order chi connectivity index (χ1) is 22.8. The van der Waals surface area contributed by atoms with Crippen molar-refractivity contribution in [2.75, 3.05) is 18.1 Å². The highest BCUT2D eigenvalue weighted by atomic mass is 32.2. The molecule has 6 rings (SSSR count). The van der Waals surface area contributed by atoms with Crippen LogP contribution < -0.4 is 14.4 Å². The first-order valence-electron chi connectivity index (χ1n) is 15.4. The lowest BCUT2D eigenvalue weighted by molar-refractivity contribution is -0.117. The minimum absolute atomic E-state index is 0.0380. The second-order valence-electron chi connectivity index (χ2n) is 10.9. The molecule has 1 aliphatic rings. The number of Topliss-reactive ketones (excluding diaryl/α,β-unsaturated/α-hetero) is 1. The van der Waals surface area contributed by atoms with Crippen LogP contribution in [0, 0.1) is 13.8 Å². The van der Waals surface area contributed by atoms with Gasteiger partial charge in [-0.25, -0.2) is 4.98 Å². The fourth-order valence-corrected chi connectivity index (χ4v) is 8.28. The van der Waals surface area contributed by atoms with Crippen LogP contribution in [0.4, 0.5) is 5.13 Å². The highest BCUT2D eigenvalue weighted by Crippen LogP contribution is 2.46. The first-order valence-corrected chi connectivity index (χ1v) is 18.0. The number of fused-ring (bicyclic) bond motifs is 1. The highest BCUT2D eigenvalue weighted by Gasteiger charge is 2.47. The zero-order valence-electron chi connectivity index (χ0n) is 26.5. The van der Waals surface area contributed by atoms with Crippen molar-refractivity contribution < 1.29 is 24.2 Å². The van der Waals surface area contributed by atoms with Crippen molar-refractivity contribution in [1.29, 1.82) is 0 Å². The minimum Gasteiger partial charge on any atom is -0.503 e. The van der Waals surface area contributed by atoms with E-state index in [1.807, 2.05) is 32.0 Å². The number of anilines is 1. The van der Waals surface area contributed by atoms with Crippen molar-refractivity contribution in [3.8, 4) is 11.5 Å². The Hall–Kier alpha value is -4.26. The zero-order valence-corrected chi connectivity index (χ0v) is 28.9. The number of aliphatic hydroxyl groups excluding tert-OH is 1. The molecule has 0 bridgehead atoms. The van der Waals surface area contributed by atoms with E-state index in [1.54, 1.807) is 25.1 Å². The number of rotatable bonds is 13. The van der Waals surface area contributed by atoms with E-state index in [4.69, 9.17) is 9.47 Å². The zero-order chi connectivity index (χ0) is 33.1. The number of hydrogen-bond donors (Lipinski definition) is 1. The number of carbonyl (C=O) groups is 2. The van der Waals surface area contributed by atoms with Gasteiger partial charge in [0.05, 0.1) is 40.4 Å². The minimum atomic E-state index is -0.982. The molecule has 1 unspecified atom stereocenters. The SMILES string of the molecule is CCCCOc1ccc(C2C(C(=O)c3sc(C)nc3C)=C(O)C(=O)N2c2nnc(SCc3cccc4ccccc34)s2)cc1OCC. The molecule has 1 atom stereocenters. The number of ketones is 1. The smallest absolute Gasteiger partial charge is 0.296 e. The van der Waals surface area contributed by atoms with Crippen LogP contribution in [-0.4, -0.2) is 45.2 Å². The van der Waals surface area contributed by atoms with Crippen LogP contribution in [0.3, 0.4) is 0 Å². The number of carbonyl (C=O) groups excluding carboxylic acids is 2. The maximum Gasteiger partial charge on any atom is 0.296 e. The number of thioether (sulfide) groups is 1. The molecule has 0 fully saturated rings. The summed E-state index contributed by atoms with van der Waals surface area (Å²) in [6.07, 6.45) is 1.87. The Morgan fingerprint density at radius 3 is 2.57 bits per heavy atom. The summed E-state index contributed by atoms with van der Waals surface area (Å²) >= 11 is 3.99. The molecule has 0 saturated heterocycles. The standard InChI is InChI=1S/C35H34N4O5S3/c1-5-7-17-44-26-16-15-23(18-27(26)43-6-2)29-28(30(40)32-20(3)36-21(4)46-32)31(41)33(42)39(29)34-37-38-35(47-34)45-19-24-13-10-12-22-11-8-9-14-25(22)24/h8-16,18,29,41H,5-7,17,19H2,1-4H3. The average Bonchev–Trinajstić information content (AvgIpc) is 3.75. The van der Waals surface area contributed by atoms with E-state index in [0.717, 1.165) is 23.8 Å². The summed E-state index contributed by atoms with van der Waals surface area (Å²) in [4.78, 5) is 34.1. The van der Waals surface area contributed by atoms with Gasteiger partial charge in [0.25, 0.3) is 5.91 Å². The van der Waals surface area contributed by atoms with Gasteiger partial charge in [-0.3, -0.25) is 14.5 Å². The van der Waals surface area contributed by atoms with Gasteiger partial charge in [0, 0.05) is 5.75 Å². The molecule has 5 aromatic rings. The van der Waals surface area contributed by atoms with Gasteiger partial charge in [0.1, 0.15) is 0 Å². The van der Waals surface area contributed by atoms with Crippen LogP contribution in [-0.2, 0) is 10.5 Å². The predicted octanol–water partition coefficient (Wildman–Crippen LogP) is 8.42. The number of aromatic nitrogens is 3. The molecule has 9 nitrogen and oxygen atoms in total. The number of unbranched alkanes of at least 4 members (excludes halogenated alkanes) is 1. The second kappa shape index (κ2) is 14.2. The molecule has 3 aromatic carbocycles. The second-order valence-corrected chi connectivity index (χ2v) is 14.3. The maximum absolute atomic E-state index is 14.1. The number of aryl methyl sites for hydroxylation is 2. The summed E-state index contributed by atoms with van der Waals surface area (Å²) in [5.74, 6) is -0.0881. The number of nitrogens with zero attached hydrogens (tertiary/aromatic N) is 4. The van der Waals surface area contributed by atoms with Crippen molar-refractivity contribution in [2.24, 2.45) is 0 Å². The number of aliphatic hydroxyl groups is 1. The van der Waals surface area contributed by atoms with Gasteiger partial charge in [-0.15, -0.1) is 21.5 Å². The van der Waals surface area contributed by atoms with Gasteiger partial charge in [0.15, 0.2) is 21.6 Å². The van der Waals surface area contributed by atoms with Crippen LogP contribution in [0.15, 0.2) is 76.3 Å². The van der Waals surface area contributed by atoms with Gasteiger partial charge in [-0.1, -0.05) is 85.0 Å². The number of ether oxygens (including phenoxy) is 2. The van der Waals surface area contributed by atoms with Crippen LogP contribution in [0.5, 0.6) is 11.5 Å². The summed E-state index contributed by atoms with van der Waals surface area (Å²) < 4.78 is 12.6. The fraction of sp³-hybridized carbons (Fsp3) is 0.286. The van der Waals surface area contributed by atoms with Gasteiger partial charge in [0.2, 0.25) is 10.9 Å². The Kier molecular flexibility index (Phi) is 9.90. The maximum atomic E-state index is 14.1. The lowest BCUT2D eigenvalue weighted by Gasteiger charge is -2.25. The number of amides is 1. The third-order valence-electron chi connectivity index (χ3n) is 7.73. The highest BCUT2D eigenvalue weighted by molar-refractivity contribution is 8.00. The van der Waals surface area contributed by atoms with Gasteiger partial charge in [-0.2, -0.15) is 0 Å². The average molecular weight is 687 g/mol. The van der Waals surface area contributed by atoms with Crippen LogP contribution >= 0.6 is 34.4 Å². The van der Waals surface area contributed by atoms with Crippen molar-refractivity contribution >= 4 is 62.0 Å². The molecule has 2 aromatic heterocycles. The quantitative estimate of drug-likeness (QED) is 0.0564. The van der Waals surface area contributed by atoms with E-state index < -0.39 is 23.5 Å². The monoisotopic (exact) mass is 686 g/mol. The molecule has 3 heterocycles. The van der Waals surface area contributed by atoms with Gasteiger partial charge >= 0.3 is 0 Å². The number of thiazole rings is 1. The molecule has 1 aliphatic heterocycles. The lowest BCUT2D eigenvalue weighted by Crippen LogP contribution is -2.31. The third kappa shape index (κ3) is 6.63. The molecule has 12 heteroatoms. The number of hydrogen-bond acceptors (Lipinski definition) is 11. The van der Waals surface area contributed by atoms with E-state index in [-0.39, 0.29) is 10.7 Å². The Morgan fingerprint density at radius 2 is 1.81 bits per heavy atom. The van der Waals surface area contributed by atoms with E-state index in [9.17, 15) is 14.7 Å². The molecule has 1 amide bonds. The molecule has 0 saturated carbocycles. The molecule has 0 spiro atoms. The fourth-order valence-electron chi connectivity index (χ4n) is 5.54. The first kappa shape index (κ1) is 32.7. The van der Waals surface area contributed by atoms with Crippen LogP contribution in [0.1, 0.15) is 64.2 Å². The van der Waals surface area contributed by atoms with E-state index >= 15 is 0 Å². The number of benzene rings is 3. The molecule has 242 valence electrons. The van der Waals surface area contributed by atoms with E-state index in [0.29, 0.717) is 55.9 Å². The van der Waals surface area contributed by atoms with Gasteiger partial charge in [-0.05, 0) is 61.2 Å².